The van der Waals surface area contributed by atoms with E-state index >= 15 is 0 Å². The van der Waals surface area contributed by atoms with Gasteiger partial charge in [0, 0.05) is 63.3 Å². The van der Waals surface area contributed by atoms with E-state index < -0.39 is 0 Å². The van der Waals surface area contributed by atoms with Crippen molar-refractivity contribution >= 4 is 11.5 Å². The van der Waals surface area contributed by atoms with Crippen LogP contribution in [0.1, 0.15) is 51.7 Å². The first-order valence-electron chi connectivity index (χ1n) is 13.5. The molecule has 1 aliphatic rings. The van der Waals surface area contributed by atoms with E-state index in [0.717, 1.165) is 29.0 Å². The van der Waals surface area contributed by atoms with Gasteiger partial charge in [-0.3, -0.25) is 9.48 Å². The SMILES string of the molecule is C=CC(=O)N(CC)CC(C)NCC(C)c1ccc(OCC2=C(c3cnn(C)c3)C=CN(C)C2N)cc1.CC. The minimum absolute atomic E-state index is 0.0324. The fourth-order valence-corrected chi connectivity index (χ4v) is 4.25. The summed E-state index contributed by atoms with van der Waals surface area (Å²) < 4.78 is 7.94. The van der Waals surface area contributed by atoms with Crippen LogP contribution < -0.4 is 15.8 Å². The first-order chi connectivity index (χ1) is 18.2. The van der Waals surface area contributed by atoms with Crippen LogP contribution in [0.5, 0.6) is 5.75 Å². The molecule has 0 aliphatic carbocycles. The van der Waals surface area contributed by atoms with Crippen LogP contribution in [0.3, 0.4) is 0 Å². The van der Waals surface area contributed by atoms with Gasteiger partial charge < -0.3 is 25.6 Å². The Bertz CT molecular complexity index is 1090. The Morgan fingerprint density at radius 1 is 1.26 bits per heavy atom. The highest BCUT2D eigenvalue weighted by Gasteiger charge is 2.22. The van der Waals surface area contributed by atoms with E-state index in [-0.39, 0.29) is 18.1 Å². The molecule has 0 radical (unpaired) electrons. The molecular weight excluding hydrogens is 476 g/mol. The first kappa shape index (κ1) is 30.9. The third kappa shape index (κ3) is 8.33. The smallest absolute Gasteiger partial charge is 0.245 e. The van der Waals surface area contributed by atoms with Gasteiger partial charge in [-0.1, -0.05) is 39.5 Å². The summed E-state index contributed by atoms with van der Waals surface area (Å²) in [6, 6.07) is 8.42. The molecule has 0 spiro atoms. The third-order valence-electron chi connectivity index (χ3n) is 6.61. The number of benzene rings is 1. The number of allylic oxidation sites excluding steroid dienone is 2. The number of ether oxygens (including phenoxy) is 1. The highest BCUT2D eigenvalue weighted by Crippen LogP contribution is 2.28. The zero-order valence-corrected chi connectivity index (χ0v) is 24.1. The summed E-state index contributed by atoms with van der Waals surface area (Å²) in [4.78, 5) is 15.7. The van der Waals surface area contributed by atoms with Gasteiger partial charge in [0.1, 0.15) is 18.5 Å². The number of carbonyl (C=O) groups excluding carboxylic acids is 1. The number of hydrogen-bond acceptors (Lipinski definition) is 6. The zero-order valence-electron chi connectivity index (χ0n) is 24.1. The number of amides is 1. The van der Waals surface area contributed by atoms with Crippen LogP contribution in [0.2, 0.25) is 0 Å². The molecule has 3 unspecified atom stereocenters. The van der Waals surface area contributed by atoms with Crippen LogP contribution >= 0.6 is 0 Å². The van der Waals surface area contributed by atoms with E-state index in [1.165, 1.54) is 11.6 Å². The van der Waals surface area contributed by atoms with Gasteiger partial charge in [-0.2, -0.15) is 5.10 Å². The predicted molar refractivity (Wildman–Crippen MR) is 157 cm³/mol. The lowest BCUT2D eigenvalue weighted by Crippen LogP contribution is -2.42. The fraction of sp³-hybridized carbons (Fsp3) is 0.467. The van der Waals surface area contributed by atoms with E-state index in [2.05, 4.69) is 49.1 Å². The van der Waals surface area contributed by atoms with Gasteiger partial charge in [0.05, 0.1) is 6.20 Å². The highest BCUT2D eigenvalue weighted by atomic mass is 16.5. The summed E-state index contributed by atoms with van der Waals surface area (Å²) in [6.07, 6.45) is 8.99. The van der Waals surface area contributed by atoms with Gasteiger partial charge in [0.2, 0.25) is 5.91 Å². The number of rotatable bonds is 12. The average molecular weight is 523 g/mol. The van der Waals surface area contributed by atoms with Crippen molar-refractivity contribution in [3.8, 4) is 5.75 Å². The summed E-state index contributed by atoms with van der Waals surface area (Å²) in [7, 11) is 3.87. The largest absolute Gasteiger partial charge is 0.489 e. The summed E-state index contributed by atoms with van der Waals surface area (Å²) in [6.45, 7) is 16.4. The van der Waals surface area contributed by atoms with Gasteiger partial charge in [-0.05, 0) is 55.2 Å². The molecule has 1 aliphatic heterocycles. The van der Waals surface area contributed by atoms with Gasteiger partial charge in [0.15, 0.2) is 0 Å². The molecule has 8 heteroatoms. The Hall–Kier alpha value is -3.36. The molecule has 0 saturated heterocycles. The Kier molecular flexibility index (Phi) is 12.3. The molecule has 0 bridgehead atoms. The maximum absolute atomic E-state index is 11.9. The van der Waals surface area contributed by atoms with Crippen molar-refractivity contribution in [2.24, 2.45) is 12.8 Å². The van der Waals surface area contributed by atoms with E-state index in [1.807, 2.05) is 70.5 Å². The summed E-state index contributed by atoms with van der Waals surface area (Å²) in [5.74, 6) is 1.09. The molecule has 8 nitrogen and oxygen atoms in total. The summed E-state index contributed by atoms with van der Waals surface area (Å²) >= 11 is 0. The second-order valence-electron chi connectivity index (χ2n) is 9.42. The quantitative estimate of drug-likeness (QED) is 0.408. The van der Waals surface area contributed by atoms with E-state index in [4.69, 9.17) is 10.5 Å². The Labute approximate surface area is 228 Å². The minimum Gasteiger partial charge on any atom is -0.489 e. The number of nitrogens with zero attached hydrogens (tertiary/aromatic N) is 4. The lowest BCUT2D eigenvalue weighted by molar-refractivity contribution is -0.126. The Morgan fingerprint density at radius 2 is 1.95 bits per heavy atom. The average Bonchev–Trinajstić information content (AvgIpc) is 3.37. The molecule has 0 saturated carbocycles. The zero-order chi connectivity index (χ0) is 28.2. The molecule has 3 N–H and O–H groups in total. The number of aromatic nitrogens is 2. The summed E-state index contributed by atoms with van der Waals surface area (Å²) in [5.41, 5.74) is 10.8. The van der Waals surface area contributed by atoms with Crippen LogP contribution in [0.25, 0.3) is 5.57 Å². The maximum atomic E-state index is 11.9. The van der Waals surface area contributed by atoms with Crippen LogP contribution in [0.15, 0.2) is 67.2 Å². The number of likely N-dealkylation sites (N-methyl/N-ethyl adjacent to an activating group) is 2. The third-order valence-corrected chi connectivity index (χ3v) is 6.61. The number of aryl methyl sites for hydroxylation is 1. The highest BCUT2D eigenvalue weighted by molar-refractivity contribution is 5.87. The molecule has 3 rings (SSSR count). The standard InChI is InChI=1S/C28H40N6O2.C2H6/c1-7-27(35)34(8-2)17-21(4)30-15-20(3)22-9-11-24(12-10-22)36-19-26-25(13-14-32(5)28(26)29)23-16-31-33(6)18-23;1-2/h7,9-14,16,18,20-21,28,30H,1,8,15,17,19,29H2,2-6H3;1-2H3. The van der Waals surface area contributed by atoms with Crippen LogP contribution in [-0.2, 0) is 11.8 Å². The lowest BCUT2D eigenvalue weighted by atomic mass is 9.98. The van der Waals surface area contributed by atoms with Gasteiger partial charge in [-0.25, -0.2) is 0 Å². The molecule has 2 aromatic rings. The number of carbonyl (C=O) groups is 1. The molecule has 1 amide bonds. The van der Waals surface area contributed by atoms with Crippen molar-refractivity contribution in [1.29, 1.82) is 0 Å². The maximum Gasteiger partial charge on any atom is 0.245 e. The van der Waals surface area contributed by atoms with Crippen molar-refractivity contribution in [2.75, 3.05) is 33.3 Å². The summed E-state index contributed by atoms with van der Waals surface area (Å²) in [5, 5.41) is 7.84. The van der Waals surface area contributed by atoms with Crippen molar-refractivity contribution in [1.82, 2.24) is 24.9 Å². The van der Waals surface area contributed by atoms with Gasteiger partial charge >= 0.3 is 0 Å². The molecule has 2 heterocycles. The normalized spacial score (nSPS) is 16.4. The topological polar surface area (TPSA) is 88.7 Å². The Balaban J connectivity index is 0.00000247. The van der Waals surface area contributed by atoms with Crippen molar-refractivity contribution < 1.29 is 9.53 Å². The lowest BCUT2D eigenvalue weighted by Gasteiger charge is -2.31. The second-order valence-corrected chi connectivity index (χ2v) is 9.42. The van der Waals surface area contributed by atoms with E-state index in [1.54, 1.807) is 9.58 Å². The fourth-order valence-electron chi connectivity index (χ4n) is 4.25. The van der Waals surface area contributed by atoms with Crippen LogP contribution in [0, 0.1) is 0 Å². The van der Waals surface area contributed by atoms with Crippen molar-refractivity contribution in [3.63, 3.8) is 0 Å². The minimum atomic E-state index is -0.261. The molecule has 1 aromatic carbocycles. The first-order valence-corrected chi connectivity index (χ1v) is 13.5. The van der Waals surface area contributed by atoms with E-state index in [0.29, 0.717) is 25.6 Å². The molecular formula is C30H46N6O2. The number of hydrogen-bond donors (Lipinski definition) is 2. The number of nitrogens with two attached hydrogens (primary N) is 1. The molecule has 3 atom stereocenters. The van der Waals surface area contributed by atoms with Crippen LogP contribution in [-0.4, -0.2) is 71.0 Å². The molecule has 208 valence electrons. The van der Waals surface area contributed by atoms with Crippen LogP contribution in [0.4, 0.5) is 0 Å². The molecule has 38 heavy (non-hydrogen) atoms. The van der Waals surface area contributed by atoms with E-state index in [9.17, 15) is 4.79 Å². The second kappa shape index (κ2) is 15.1. The van der Waals surface area contributed by atoms with Gasteiger partial charge in [-0.15, -0.1) is 0 Å². The predicted octanol–water partition coefficient (Wildman–Crippen LogP) is 4.14. The monoisotopic (exact) mass is 522 g/mol. The number of nitrogens with one attached hydrogen (secondary N) is 1. The van der Waals surface area contributed by atoms with Crippen molar-refractivity contribution in [3.05, 3.63) is 78.3 Å². The van der Waals surface area contributed by atoms with Gasteiger partial charge in [0.25, 0.3) is 0 Å². The molecule has 0 fully saturated rings. The van der Waals surface area contributed by atoms with Crippen molar-refractivity contribution in [2.45, 2.75) is 52.7 Å². The Morgan fingerprint density at radius 3 is 2.53 bits per heavy atom. The molecule has 1 aromatic heterocycles.